The third-order valence-corrected chi connectivity index (χ3v) is 6.00. The molecule has 0 bridgehead atoms. The number of aromatic hydroxyl groups is 1. The van der Waals surface area contributed by atoms with Crippen molar-refractivity contribution >= 4 is 29.4 Å². The number of hydrogen-bond acceptors (Lipinski definition) is 7. The average Bonchev–Trinajstić information content (AvgIpc) is 3.52. The van der Waals surface area contributed by atoms with Crippen LogP contribution in [0.5, 0.6) is 5.88 Å². The highest BCUT2D eigenvalue weighted by molar-refractivity contribution is 5.98. The highest BCUT2D eigenvalue weighted by atomic mass is 16.5. The standard InChI is InChI=1S/C23H32N6O5/c1-13(2)11-28-21-16(7-8-17(30)27-9-10-34-12-14(27)3)19(24-4)26-29(21)23(33)18(22(28)32)20(31)25-15-5-6-15/h7-8,13-15,33H,5-6,9-12H2,1-4H3,(H,24,26)(H,25,31). The number of aromatic nitrogens is 3. The van der Waals surface area contributed by atoms with Gasteiger partial charge >= 0.3 is 0 Å². The molecule has 3 N–H and O–H groups in total. The van der Waals surface area contributed by atoms with Crippen LogP contribution in [0, 0.1) is 5.92 Å². The topological polar surface area (TPSA) is 130 Å². The lowest BCUT2D eigenvalue weighted by Gasteiger charge is -2.32. The van der Waals surface area contributed by atoms with Crippen molar-refractivity contribution in [3.8, 4) is 5.88 Å². The second-order valence-electron chi connectivity index (χ2n) is 9.29. The van der Waals surface area contributed by atoms with Crippen molar-refractivity contribution < 1.29 is 19.4 Å². The number of morpholine rings is 1. The molecule has 0 aromatic carbocycles. The van der Waals surface area contributed by atoms with Crippen molar-refractivity contribution in [3.05, 3.63) is 27.6 Å². The number of carbonyl (C=O) groups is 2. The van der Waals surface area contributed by atoms with Crippen LogP contribution in [0.15, 0.2) is 10.9 Å². The van der Waals surface area contributed by atoms with Crippen LogP contribution in [0.25, 0.3) is 11.7 Å². The Morgan fingerprint density at radius 1 is 1.32 bits per heavy atom. The minimum atomic E-state index is -0.612. The van der Waals surface area contributed by atoms with Crippen LogP contribution < -0.4 is 16.2 Å². The van der Waals surface area contributed by atoms with Gasteiger partial charge in [-0.15, -0.1) is 5.10 Å². The van der Waals surface area contributed by atoms with E-state index in [9.17, 15) is 19.5 Å². The van der Waals surface area contributed by atoms with Gasteiger partial charge in [0.15, 0.2) is 17.0 Å². The summed E-state index contributed by atoms with van der Waals surface area (Å²) in [5.74, 6) is -0.876. The maximum Gasteiger partial charge on any atom is 0.270 e. The maximum atomic E-state index is 13.4. The monoisotopic (exact) mass is 472 g/mol. The number of carbonyl (C=O) groups excluding carboxylic acids is 2. The molecule has 11 heteroatoms. The average molecular weight is 473 g/mol. The molecule has 2 aromatic heterocycles. The van der Waals surface area contributed by atoms with Gasteiger partial charge in [-0.05, 0) is 31.8 Å². The van der Waals surface area contributed by atoms with E-state index in [1.165, 1.54) is 15.2 Å². The first-order valence-electron chi connectivity index (χ1n) is 11.7. The molecule has 1 aliphatic carbocycles. The highest BCUT2D eigenvalue weighted by Crippen LogP contribution is 2.28. The summed E-state index contributed by atoms with van der Waals surface area (Å²) in [5.41, 5.74) is -0.150. The van der Waals surface area contributed by atoms with Crippen LogP contribution >= 0.6 is 0 Å². The predicted octanol–water partition coefficient (Wildman–Crippen LogP) is 1.05. The Morgan fingerprint density at radius 3 is 2.68 bits per heavy atom. The van der Waals surface area contributed by atoms with Gasteiger partial charge in [0.05, 0.1) is 24.8 Å². The molecular formula is C23H32N6O5. The number of hydrogen-bond donors (Lipinski definition) is 3. The van der Waals surface area contributed by atoms with E-state index in [0.717, 1.165) is 12.8 Å². The quantitative estimate of drug-likeness (QED) is 0.514. The number of ether oxygens (including phenoxy) is 1. The van der Waals surface area contributed by atoms with Crippen LogP contribution in [-0.2, 0) is 16.1 Å². The zero-order valence-electron chi connectivity index (χ0n) is 20.0. The molecule has 11 nitrogen and oxygen atoms in total. The number of amides is 2. The van der Waals surface area contributed by atoms with Gasteiger partial charge < -0.3 is 25.4 Å². The SMILES string of the molecule is CNc1nn2c(O)c(C(=O)NC3CC3)c(=O)n(CC(C)C)c2c1C=CC(=O)N1CCOCC1C. The van der Waals surface area contributed by atoms with Gasteiger partial charge in [-0.1, -0.05) is 13.8 Å². The molecule has 4 rings (SSSR count). The minimum absolute atomic E-state index is 0.0260. The van der Waals surface area contributed by atoms with E-state index in [4.69, 9.17) is 4.74 Å². The first-order valence-corrected chi connectivity index (χ1v) is 11.7. The van der Waals surface area contributed by atoms with Crippen LogP contribution in [0.2, 0.25) is 0 Å². The Kier molecular flexibility index (Phi) is 6.65. The van der Waals surface area contributed by atoms with Crippen molar-refractivity contribution in [2.24, 2.45) is 5.92 Å². The zero-order valence-corrected chi connectivity index (χ0v) is 20.0. The lowest BCUT2D eigenvalue weighted by atomic mass is 10.2. The molecule has 1 saturated heterocycles. The van der Waals surface area contributed by atoms with Gasteiger partial charge in [-0.25, -0.2) is 0 Å². The van der Waals surface area contributed by atoms with Crippen LogP contribution in [0.4, 0.5) is 5.82 Å². The molecule has 1 unspecified atom stereocenters. The second-order valence-corrected chi connectivity index (χ2v) is 9.29. The Bertz CT molecular complexity index is 1190. The molecule has 2 amide bonds. The van der Waals surface area contributed by atoms with Crippen LogP contribution in [-0.4, -0.2) is 74.9 Å². The normalized spacial score (nSPS) is 18.7. The minimum Gasteiger partial charge on any atom is -0.492 e. The summed E-state index contributed by atoms with van der Waals surface area (Å²) in [5, 5.41) is 21.1. The van der Waals surface area contributed by atoms with Crippen molar-refractivity contribution in [1.29, 1.82) is 0 Å². The molecule has 3 heterocycles. The molecule has 1 atom stereocenters. The van der Waals surface area contributed by atoms with E-state index in [1.807, 2.05) is 20.8 Å². The summed E-state index contributed by atoms with van der Waals surface area (Å²) < 4.78 is 8.04. The van der Waals surface area contributed by atoms with E-state index in [0.29, 0.717) is 43.3 Å². The lowest BCUT2D eigenvalue weighted by Crippen LogP contribution is -2.46. The van der Waals surface area contributed by atoms with E-state index < -0.39 is 17.3 Å². The van der Waals surface area contributed by atoms with E-state index in [-0.39, 0.29) is 29.5 Å². The van der Waals surface area contributed by atoms with Gasteiger partial charge in [-0.3, -0.25) is 19.0 Å². The van der Waals surface area contributed by atoms with Gasteiger partial charge in [0.1, 0.15) is 0 Å². The summed E-state index contributed by atoms with van der Waals surface area (Å²) in [7, 11) is 1.66. The summed E-state index contributed by atoms with van der Waals surface area (Å²) in [4.78, 5) is 40.8. The Balaban J connectivity index is 1.84. The first kappa shape index (κ1) is 23.8. The van der Waals surface area contributed by atoms with E-state index in [2.05, 4.69) is 15.7 Å². The number of anilines is 1. The lowest BCUT2D eigenvalue weighted by molar-refractivity contribution is -0.133. The van der Waals surface area contributed by atoms with Crippen molar-refractivity contribution in [2.75, 3.05) is 32.1 Å². The fourth-order valence-electron chi connectivity index (χ4n) is 4.12. The number of nitrogens with zero attached hydrogens (tertiary/aromatic N) is 4. The summed E-state index contributed by atoms with van der Waals surface area (Å²) in [6.45, 7) is 7.59. The van der Waals surface area contributed by atoms with Crippen molar-refractivity contribution in [2.45, 2.75) is 52.2 Å². The first-order chi connectivity index (χ1) is 16.2. The molecular weight excluding hydrogens is 440 g/mol. The number of nitrogens with one attached hydrogen (secondary N) is 2. The van der Waals surface area contributed by atoms with Crippen molar-refractivity contribution in [1.82, 2.24) is 24.4 Å². The molecule has 1 aliphatic heterocycles. The smallest absolute Gasteiger partial charge is 0.270 e. The second kappa shape index (κ2) is 9.49. The van der Waals surface area contributed by atoms with Gasteiger partial charge in [0.25, 0.3) is 11.5 Å². The van der Waals surface area contributed by atoms with Crippen LogP contribution in [0.3, 0.4) is 0 Å². The molecule has 2 aliphatic rings. The number of fused-ring (bicyclic) bond motifs is 1. The Morgan fingerprint density at radius 2 is 2.06 bits per heavy atom. The third kappa shape index (κ3) is 4.52. The van der Waals surface area contributed by atoms with E-state index in [1.54, 1.807) is 18.0 Å². The largest absolute Gasteiger partial charge is 0.492 e. The Labute approximate surface area is 197 Å². The van der Waals surface area contributed by atoms with Crippen molar-refractivity contribution in [3.63, 3.8) is 0 Å². The number of rotatable bonds is 7. The Hall–Kier alpha value is -3.34. The van der Waals surface area contributed by atoms with Crippen LogP contribution in [0.1, 0.15) is 49.5 Å². The highest BCUT2D eigenvalue weighted by Gasteiger charge is 2.31. The summed E-state index contributed by atoms with van der Waals surface area (Å²) in [6, 6.07) is -0.0209. The predicted molar refractivity (Wildman–Crippen MR) is 127 cm³/mol. The van der Waals surface area contributed by atoms with E-state index >= 15 is 0 Å². The van der Waals surface area contributed by atoms with Gasteiger partial charge in [0, 0.05) is 32.3 Å². The molecule has 2 fully saturated rings. The van der Waals surface area contributed by atoms with Gasteiger partial charge in [-0.2, -0.15) is 4.52 Å². The van der Waals surface area contributed by atoms with Gasteiger partial charge in [0.2, 0.25) is 11.8 Å². The molecule has 184 valence electrons. The molecule has 2 aromatic rings. The maximum absolute atomic E-state index is 13.4. The summed E-state index contributed by atoms with van der Waals surface area (Å²) >= 11 is 0. The molecule has 0 radical (unpaired) electrons. The molecule has 34 heavy (non-hydrogen) atoms. The molecule has 0 spiro atoms. The summed E-state index contributed by atoms with van der Waals surface area (Å²) in [6.07, 6.45) is 4.74. The zero-order chi connectivity index (χ0) is 24.6. The molecule has 1 saturated carbocycles. The fourth-order valence-corrected chi connectivity index (χ4v) is 4.12. The fraction of sp³-hybridized carbons (Fsp3) is 0.565. The third-order valence-electron chi connectivity index (χ3n) is 6.00.